The molecule has 3 N–H and O–H groups in total. The zero-order valence-electron chi connectivity index (χ0n) is 8.66. The number of hydrogen-bond acceptors (Lipinski definition) is 2. The van der Waals surface area contributed by atoms with E-state index in [1.807, 2.05) is 24.3 Å². The number of nitrogens with one attached hydrogen (secondary N) is 1. The smallest absolute Gasteiger partial charge is 0.261 e. The Bertz CT molecular complexity index is 423. The molecule has 1 aromatic rings. The van der Waals surface area contributed by atoms with Crippen molar-refractivity contribution in [2.75, 3.05) is 0 Å². The van der Waals surface area contributed by atoms with Crippen LogP contribution in [0, 0.1) is 0 Å². The molecular formula is C12H14N2O. The standard InChI is InChI=1S/C12H14N2O/c1-2-9-10-6-4-3-5-8(10)7-11(9)12(15)14-13/h3-7,9H,2,13H2,1H3,(H,14,15). The number of rotatable bonds is 2. The predicted molar refractivity (Wildman–Crippen MR) is 59.8 cm³/mol. The van der Waals surface area contributed by atoms with E-state index < -0.39 is 0 Å². The van der Waals surface area contributed by atoms with Gasteiger partial charge in [0.25, 0.3) is 5.91 Å². The molecule has 1 atom stereocenters. The van der Waals surface area contributed by atoms with Crippen LogP contribution in [-0.4, -0.2) is 5.91 Å². The maximum Gasteiger partial charge on any atom is 0.261 e. The number of amides is 1. The average Bonchev–Trinajstić information content (AvgIpc) is 2.66. The van der Waals surface area contributed by atoms with E-state index in [4.69, 9.17) is 5.84 Å². The third kappa shape index (κ3) is 1.55. The van der Waals surface area contributed by atoms with Gasteiger partial charge < -0.3 is 0 Å². The molecule has 1 aromatic carbocycles. The highest BCUT2D eigenvalue weighted by Gasteiger charge is 2.27. The minimum absolute atomic E-state index is 0.182. The van der Waals surface area contributed by atoms with Gasteiger partial charge in [0, 0.05) is 11.5 Å². The first-order valence-corrected chi connectivity index (χ1v) is 5.09. The lowest BCUT2D eigenvalue weighted by molar-refractivity contribution is -0.117. The Morgan fingerprint density at radius 1 is 1.47 bits per heavy atom. The molecule has 1 aliphatic carbocycles. The summed E-state index contributed by atoms with van der Waals surface area (Å²) < 4.78 is 0. The first kappa shape index (κ1) is 9.93. The molecule has 78 valence electrons. The van der Waals surface area contributed by atoms with E-state index in [1.54, 1.807) is 0 Å². The van der Waals surface area contributed by atoms with E-state index >= 15 is 0 Å². The van der Waals surface area contributed by atoms with Gasteiger partial charge in [-0.05, 0) is 23.6 Å². The molecule has 0 saturated heterocycles. The molecule has 0 radical (unpaired) electrons. The molecular weight excluding hydrogens is 188 g/mol. The van der Waals surface area contributed by atoms with Crippen molar-refractivity contribution in [2.45, 2.75) is 19.3 Å². The van der Waals surface area contributed by atoms with Gasteiger partial charge in [0.2, 0.25) is 0 Å². The number of benzene rings is 1. The summed E-state index contributed by atoms with van der Waals surface area (Å²) in [4.78, 5) is 11.5. The molecule has 15 heavy (non-hydrogen) atoms. The van der Waals surface area contributed by atoms with Gasteiger partial charge in [0.1, 0.15) is 0 Å². The third-order valence-corrected chi connectivity index (χ3v) is 2.86. The molecule has 0 fully saturated rings. The summed E-state index contributed by atoms with van der Waals surface area (Å²) in [6.45, 7) is 2.07. The lowest BCUT2D eigenvalue weighted by Crippen LogP contribution is -2.32. The first-order chi connectivity index (χ1) is 7.27. The lowest BCUT2D eigenvalue weighted by Gasteiger charge is -2.12. The molecule has 1 aliphatic rings. The normalized spacial score (nSPS) is 18.3. The number of carbonyl (C=O) groups excluding carboxylic acids is 1. The fraction of sp³-hybridized carbons (Fsp3) is 0.250. The van der Waals surface area contributed by atoms with Gasteiger partial charge in [-0.25, -0.2) is 5.84 Å². The summed E-state index contributed by atoms with van der Waals surface area (Å²) in [5.41, 5.74) is 5.31. The van der Waals surface area contributed by atoms with E-state index in [9.17, 15) is 4.79 Å². The van der Waals surface area contributed by atoms with Gasteiger partial charge in [-0.2, -0.15) is 0 Å². The Morgan fingerprint density at radius 2 is 2.20 bits per heavy atom. The van der Waals surface area contributed by atoms with Crippen LogP contribution in [-0.2, 0) is 4.79 Å². The molecule has 0 saturated carbocycles. The molecule has 2 rings (SSSR count). The fourth-order valence-electron chi connectivity index (χ4n) is 2.14. The van der Waals surface area contributed by atoms with Crippen molar-refractivity contribution < 1.29 is 4.79 Å². The minimum Gasteiger partial charge on any atom is -0.290 e. The summed E-state index contributed by atoms with van der Waals surface area (Å²) in [7, 11) is 0. The third-order valence-electron chi connectivity index (χ3n) is 2.86. The quantitative estimate of drug-likeness (QED) is 0.434. The van der Waals surface area contributed by atoms with Crippen LogP contribution in [0.2, 0.25) is 0 Å². The second kappa shape index (κ2) is 3.87. The maximum absolute atomic E-state index is 11.5. The topological polar surface area (TPSA) is 55.1 Å². The average molecular weight is 202 g/mol. The van der Waals surface area contributed by atoms with E-state index in [0.717, 1.165) is 17.6 Å². The van der Waals surface area contributed by atoms with Crippen LogP contribution in [0.4, 0.5) is 0 Å². The van der Waals surface area contributed by atoms with Gasteiger partial charge in [0.15, 0.2) is 0 Å². The summed E-state index contributed by atoms with van der Waals surface area (Å²) in [6.07, 6.45) is 2.84. The van der Waals surface area contributed by atoms with Crippen molar-refractivity contribution in [3.8, 4) is 0 Å². The zero-order chi connectivity index (χ0) is 10.8. The van der Waals surface area contributed by atoms with Gasteiger partial charge in [-0.1, -0.05) is 31.2 Å². The number of hydrogen-bond donors (Lipinski definition) is 2. The maximum atomic E-state index is 11.5. The number of hydrazine groups is 1. The molecule has 0 heterocycles. The highest BCUT2D eigenvalue weighted by atomic mass is 16.2. The van der Waals surface area contributed by atoms with Crippen molar-refractivity contribution >= 4 is 12.0 Å². The van der Waals surface area contributed by atoms with Gasteiger partial charge in [-0.15, -0.1) is 0 Å². The minimum atomic E-state index is -0.182. The van der Waals surface area contributed by atoms with Crippen LogP contribution in [0.5, 0.6) is 0 Å². The molecule has 0 bridgehead atoms. The second-order valence-electron chi connectivity index (χ2n) is 3.66. The summed E-state index contributed by atoms with van der Waals surface area (Å²) in [5.74, 6) is 5.17. The van der Waals surface area contributed by atoms with E-state index in [-0.39, 0.29) is 11.8 Å². The summed E-state index contributed by atoms with van der Waals surface area (Å²) in [5, 5.41) is 0. The second-order valence-corrected chi connectivity index (χ2v) is 3.66. The summed E-state index contributed by atoms with van der Waals surface area (Å²) >= 11 is 0. The molecule has 0 spiro atoms. The van der Waals surface area contributed by atoms with Crippen molar-refractivity contribution in [1.82, 2.24) is 5.43 Å². The van der Waals surface area contributed by atoms with Crippen LogP contribution >= 0.6 is 0 Å². The van der Waals surface area contributed by atoms with Crippen LogP contribution in [0.1, 0.15) is 30.4 Å². The Balaban J connectivity index is 2.43. The van der Waals surface area contributed by atoms with E-state index in [1.165, 1.54) is 5.56 Å². The number of nitrogens with two attached hydrogens (primary N) is 1. The first-order valence-electron chi connectivity index (χ1n) is 5.09. The van der Waals surface area contributed by atoms with Crippen molar-refractivity contribution in [3.05, 3.63) is 41.0 Å². The van der Waals surface area contributed by atoms with Gasteiger partial charge in [0.05, 0.1) is 0 Å². The molecule has 0 aromatic heterocycles. The van der Waals surface area contributed by atoms with Crippen LogP contribution in [0.15, 0.2) is 29.8 Å². The van der Waals surface area contributed by atoms with Crippen LogP contribution in [0.3, 0.4) is 0 Å². The van der Waals surface area contributed by atoms with E-state index in [0.29, 0.717) is 0 Å². The lowest BCUT2D eigenvalue weighted by atomic mass is 9.93. The fourth-order valence-corrected chi connectivity index (χ4v) is 2.14. The molecule has 3 nitrogen and oxygen atoms in total. The van der Waals surface area contributed by atoms with Crippen molar-refractivity contribution in [3.63, 3.8) is 0 Å². The summed E-state index contributed by atoms with van der Waals surface area (Å²) in [6, 6.07) is 8.07. The Labute approximate surface area is 88.9 Å². The molecule has 0 aliphatic heterocycles. The van der Waals surface area contributed by atoms with Gasteiger partial charge in [-0.3, -0.25) is 10.2 Å². The number of carbonyl (C=O) groups is 1. The van der Waals surface area contributed by atoms with Crippen molar-refractivity contribution in [2.24, 2.45) is 5.84 Å². The van der Waals surface area contributed by atoms with Gasteiger partial charge >= 0.3 is 0 Å². The highest BCUT2D eigenvalue weighted by molar-refractivity contribution is 6.01. The Kier molecular flexibility index (Phi) is 2.56. The van der Waals surface area contributed by atoms with Crippen molar-refractivity contribution in [1.29, 1.82) is 0 Å². The highest BCUT2D eigenvalue weighted by Crippen LogP contribution is 2.37. The van der Waals surface area contributed by atoms with Crippen LogP contribution in [0.25, 0.3) is 6.08 Å². The van der Waals surface area contributed by atoms with E-state index in [2.05, 4.69) is 18.4 Å². The zero-order valence-corrected chi connectivity index (χ0v) is 8.66. The molecule has 3 heteroatoms. The monoisotopic (exact) mass is 202 g/mol. The van der Waals surface area contributed by atoms with Crippen LogP contribution < -0.4 is 11.3 Å². The number of fused-ring (bicyclic) bond motifs is 1. The largest absolute Gasteiger partial charge is 0.290 e. The predicted octanol–water partition coefficient (Wildman–Crippen LogP) is 1.57. The Hall–Kier alpha value is -1.61. The molecule has 1 amide bonds. The SMILES string of the molecule is CCC1C(C(=O)NN)=Cc2ccccc21. The Morgan fingerprint density at radius 3 is 2.87 bits per heavy atom. The molecule has 1 unspecified atom stereocenters.